The van der Waals surface area contributed by atoms with Crippen molar-refractivity contribution in [1.82, 2.24) is 10.9 Å². The monoisotopic (exact) mass is 429 g/mol. The average molecular weight is 429 g/mol. The standard InChI is InChI=1S/C23H28FN3O4/c1-17-23(22(29)27-25-13-12-24,16-18-6-3-2-4-7-18)26-21(31-17)19-8-10-20(11-9-19)30-15-5-14-28/h2-4,6-11,17,25,28H,5,12-16H2,1H3,(H,27,29)/t17-,23-/m0/s1. The van der Waals surface area contributed by atoms with Crippen LogP contribution in [0.1, 0.15) is 24.5 Å². The summed E-state index contributed by atoms with van der Waals surface area (Å²) in [5.74, 6) is 0.662. The maximum atomic E-state index is 13.1. The second-order valence-electron chi connectivity index (χ2n) is 7.28. The lowest BCUT2D eigenvalue weighted by atomic mass is 9.86. The molecule has 0 aliphatic carbocycles. The molecule has 0 aromatic heterocycles. The first-order chi connectivity index (χ1) is 15.1. The largest absolute Gasteiger partial charge is 0.494 e. The molecule has 1 aliphatic heterocycles. The minimum absolute atomic E-state index is 0.0106. The van der Waals surface area contributed by atoms with E-state index < -0.39 is 18.3 Å². The van der Waals surface area contributed by atoms with Gasteiger partial charge in [-0.15, -0.1) is 0 Å². The van der Waals surface area contributed by atoms with E-state index in [1.807, 2.05) is 42.5 Å². The third-order valence-electron chi connectivity index (χ3n) is 5.07. The number of rotatable bonds is 11. The quantitative estimate of drug-likeness (QED) is 0.376. The summed E-state index contributed by atoms with van der Waals surface area (Å²) in [7, 11) is 0. The van der Waals surface area contributed by atoms with Crippen LogP contribution in [-0.2, 0) is 16.0 Å². The molecule has 2 aromatic rings. The van der Waals surface area contributed by atoms with Gasteiger partial charge in [-0.1, -0.05) is 30.3 Å². The van der Waals surface area contributed by atoms with Crippen LogP contribution < -0.4 is 15.6 Å². The van der Waals surface area contributed by atoms with Crippen LogP contribution in [0, 0.1) is 0 Å². The highest BCUT2D eigenvalue weighted by atomic mass is 19.1. The zero-order valence-electron chi connectivity index (χ0n) is 17.5. The Labute approximate surface area is 181 Å². The second-order valence-corrected chi connectivity index (χ2v) is 7.28. The van der Waals surface area contributed by atoms with Crippen molar-refractivity contribution >= 4 is 11.8 Å². The Balaban J connectivity index is 1.85. The molecule has 0 unspecified atom stereocenters. The molecule has 0 saturated carbocycles. The molecule has 1 aliphatic rings. The molecule has 2 aromatic carbocycles. The summed E-state index contributed by atoms with van der Waals surface area (Å²) in [5.41, 5.74) is 5.63. The number of hydrazine groups is 1. The fraction of sp³-hybridized carbons (Fsp3) is 0.391. The van der Waals surface area contributed by atoms with E-state index in [1.165, 1.54) is 0 Å². The van der Waals surface area contributed by atoms with Gasteiger partial charge in [-0.2, -0.15) is 0 Å². The summed E-state index contributed by atoms with van der Waals surface area (Å²) in [6, 6.07) is 16.8. The van der Waals surface area contributed by atoms with Gasteiger partial charge in [0.2, 0.25) is 5.90 Å². The van der Waals surface area contributed by atoms with Gasteiger partial charge in [0.25, 0.3) is 5.91 Å². The number of amides is 1. The number of benzene rings is 2. The number of aliphatic imine (C=N–C) groups is 1. The van der Waals surface area contributed by atoms with Crippen LogP contribution in [0.2, 0.25) is 0 Å². The number of nitrogens with zero attached hydrogens (tertiary/aromatic N) is 1. The van der Waals surface area contributed by atoms with Crippen molar-refractivity contribution in [1.29, 1.82) is 0 Å². The Morgan fingerprint density at radius 3 is 2.65 bits per heavy atom. The summed E-state index contributed by atoms with van der Waals surface area (Å²) < 4.78 is 24.0. The van der Waals surface area contributed by atoms with E-state index in [2.05, 4.69) is 10.9 Å². The van der Waals surface area contributed by atoms with Crippen LogP contribution in [-0.4, -0.2) is 55.0 Å². The average Bonchev–Trinajstić information content (AvgIpc) is 3.12. The minimum atomic E-state index is -1.20. The predicted octanol–water partition coefficient (Wildman–Crippen LogP) is 2.18. The van der Waals surface area contributed by atoms with Gasteiger partial charge in [-0.3, -0.25) is 10.2 Å². The van der Waals surface area contributed by atoms with Gasteiger partial charge in [0.15, 0.2) is 5.54 Å². The highest BCUT2D eigenvalue weighted by Crippen LogP contribution is 2.32. The van der Waals surface area contributed by atoms with E-state index in [0.717, 1.165) is 11.1 Å². The van der Waals surface area contributed by atoms with Crippen molar-refractivity contribution in [2.45, 2.75) is 31.4 Å². The van der Waals surface area contributed by atoms with E-state index in [9.17, 15) is 9.18 Å². The number of aliphatic hydroxyl groups excluding tert-OH is 1. The lowest BCUT2D eigenvalue weighted by Crippen LogP contribution is -2.56. The van der Waals surface area contributed by atoms with Crippen molar-refractivity contribution in [3.63, 3.8) is 0 Å². The van der Waals surface area contributed by atoms with Crippen molar-refractivity contribution < 1.29 is 23.8 Å². The van der Waals surface area contributed by atoms with E-state index in [1.54, 1.807) is 19.1 Å². The molecule has 0 fully saturated rings. The number of hydrogen-bond acceptors (Lipinski definition) is 6. The molecule has 8 heteroatoms. The number of aliphatic hydroxyl groups is 1. The SMILES string of the molecule is C[C@@H]1OC(c2ccc(OCCCO)cc2)=N[C@]1(Cc1ccccc1)C(=O)NNCCF. The van der Waals surface area contributed by atoms with Crippen LogP contribution in [0.3, 0.4) is 0 Å². The number of carbonyl (C=O) groups excluding carboxylic acids is 1. The van der Waals surface area contributed by atoms with Crippen LogP contribution in [0.5, 0.6) is 5.75 Å². The second kappa shape index (κ2) is 10.9. The number of halogens is 1. The highest BCUT2D eigenvalue weighted by Gasteiger charge is 2.50. The van der Waals surface area contributed by atoms with Crippen LogP contribution in [0.4, 0.5) is 4.39 Å². The first kappa shape index (κ1) is 22.7. The Hall–Kier alpha value is -2.97. The van der Waals surface area contributed by atoms with Crippen molar-refractivity contribution in [2.24, 2.45) is 4.99 Å². The topological polar surface area (TPSA) is 92.2 Å². The van der Waals surface area contributed by atoms with Crippen molar-refractivity contribution in [3.05, 3.63) is 65.7 Å². The molecule has 0 bridgehead atoms. The maximum Gasteiger partial charge on any atom is 0.266 e. The first-order valence-electron chi connectivity index (χ1n) is 10.3. The zero-order valence-corrected chi connectivity index (χ0v) is 17.5. The van der Waals surface area contributed by atoms with Gasteiger partial charge >= 0.3 is 0 Å². The summed E-state index contributed by atoms with van der Waals surface area (Å²) in [5, 5.41) is 8.86. The van der Waals surface area contributed by atoms with Crippen LogP contribution in [0.25, 0.3) is 0 Å². The Kier molecular flexibility index (Phi) is 7.97. The van der Waals surface area contributed by atoms with Gasteiger partial charge in [-0.05, 0) is 36.8 Å². The number of alkyl halides is 1. The molecule has 1 amide bonds. The van der Waals surface area contributed by atoms with Gasteiger partial charge in [-0.25, -0.2) is 14.8 Å². The van der Waals surface area contributed by atoms with E-state index in [0.29, 0.717) is 31.1 Å². The third kappa shape index (κ3) is 5.59. The number of nitrogens with one attached hydrogen (secondary N) is 2. The molecule has 7 nitrogen and oxygen atoms in total. The molecule has 0 radical (unpaired) electrons. The lowest BCUT2D eigenvalue weighted by Gasteiger charge is -2.28. The molecule has 3 rings (SSSR count). The Morgan fingerprint density at radius 1 is 1.23 bits per heavy atom. The molecule has 166 valence electrons. The maximum absolute atomic E-state index is 13.1. The molecular formula is C23H28FN3O4. The summed E-state index contributed by atoms with van der Waals surface area (Å²) in [4.78, 5) is 17.8. The Morgan fingerprint density at radius 2 is 1.97 bits per heavy atom. The fourth-order valence-corrected chi connectivity index (χ4v) is 3.35. The van der Waals surface area contributed by atoms with Crippen LogP contribution in [0.15, 0.2) is 59.6 Å². The van der Waals surface area contributed by atoms with Gasteiger partial charge < -0.3 is 14.6 Å². The van der Waals surface area contributed by atoms with Gasteiger partial charge in [0, 0.05) is 31.6 Å². The molecule has 31 heavy (non-hydrogen) atoms. The van der Waals surface area contributed by atoms with Crippen LogP contribution >= 0.6 is 0 Å². The Bertz CT molecular complexity index is 876. The smallest absolute Gasteiger partial charge is 0.266 e. The first-order valence-corrected chi connectivity index (χ1v) is 10.3. The summed E-state index contributed by atoms with van der Waals surface area (Å²) in [6.45, 7) is 1.72. The molecule has 3 N–H and O–H groups in total. The molecule has 0 spiro atoms. The predicted molar refractivity (Wildman–Crippen MR) is 116 cm³/mol. The summed E-state index contributed by atoms with van der Waals surface area (Å²) in [6.07, 6.45) is 0.363. The number of hydrogen-bond donors (Lipinski definition) is 3. The summed E-state index contributed by atoms with van der Waals surface area (Å²) >= 11 is 0. The number of carbonyl (C=O) groups is 1. The minimum Gasteiger partial charge on any atom is -0.494 e. The zero-order chi connectivity index (χ0) is 22.1. The molecular weight excluding hydrogens is 401 g/mol. The fourth-order valence-electron chi connectivity index (χ4n) is 3.35. The van der Waals surface area contributed by atoms with E-state index in [4.69, 9.17) is 19.6 Å². The molecule has 2 atom stereocenters. The van der Waals surface area contributed by atoms with Gasteiger partial charge in [0.05, 0.1) is 6.61 Å². The highest BCUT2D eigenvalue weighted by molar-refractivity contribution is 6.00. The molecule has 0 saturated heterocycles. The van der Waals surface area contributed by atoms with Crippen molar-refractivity contribution in [2.75, 3.05) is 26.4 Å². The van der Waals surface area contributed by atoms with E-state index in [-0.39, 0.29) is 19.1 Å². The normalized spacial score (nSPS) is 20.1. The number of ether oxygens (including phenoxy) is 2. The molecule has 1 heterocycles. The third-order valence-corrected chi connectivity index (χ3v) is 5.07. The van der Waals surface area contributed by atoms with E-state index >= 15 is 0 Å². The van der Waals surface area contributed by atoms with Gasteiger partial charge in [0.1, 0.15) is 18.5 Å². The lowest BCUT2D eigenvalue weighted by molar-refractivity contribution is -0.129. The van der Waals surface area contributed by atoms with Crippen molar-refractivity contribution in [3.8, 4) is 5.75 Å².